The normalized spacial score (nSPS) is 11.4. The zero-order valence-corrected chi connectivity index (χ0v) is 14.6. The summed E-state index contributed by atoms with van der Waals surface area (Å²) in [7, 11) is 4.16. The van der Waals surface area contributed by atoms with E-state index in [0.29, 0.717) is 0 Å². The van der Waals surface area contributed by atoms with Gasteiger partial charge in [0.2, 0.25) is 0 Å². The van der Waals surface area contributed by atoms with Crippen LogP contribution in [0.1, 0.15) is 22.3 Å². The first-order chi connectivity index (χ1) is 10.1. The van der Waals surface area contributed by atoms with Crippen LogP contribution in [0.3, 0.4) is 0 Å². The van der Waals surface area contributed by atoms with Gasteiger partial charge in [-0.15, -0.1) is 0 Å². The van der Waals surface area contributed by atoms with Gasteiger partial charge < -0.3 is 17.3 Å². The standard InChI is InChI=1S/C19H24N2.ClH/c1-15-9-8-10-16(2)18(15)19(20-13-14-21(3)4)17-11-6-5-7-12-17;/h5-12H,13-14H2,1-4H3;1H/p-1. The third-order valence-corrected chi connectivity index (χ3v) is 3.58. The average molecular weight is 316 g/mol. The average Bonchev–Trinajstić information content (AvgIpc) is 2.46. The van der Waals surface area contributed by atoms with Crippen molar-refractivity contribution in [2.24, 2.45) is 4.99 Å². The molecule has 0 aliphatic carbocycles. The van der Waals surface area contributed by atoms with Gasteiger partial charge in [0.25, 0.3) is 0 Å². The molecular weight excluding hydrogens is 292 g/mol. The minimum atomic E-state index is 0. The van der Waals surface area contributed by atoms with Gasteiger partial charge >= 0.3 is 0 Å². The minimum absolute atomic E-state index is 0. The van der Waals surface area contributed by atoms with E-state index >= 15 is 0 Å². The number of benzene rings is 2. The zero-order valence-electron chi connectivity index (χ0n) is 13.8. The maximum Gasteiger partial charge on any atom is 0.0724 e. The molecule has 0 saturated heterocycles. The van der Waals surface area contributed by atoms with Crippen LogP contribution in [0.4, 0.5) is 0 Å². The summed E-state index contributed by atoms with van der Waals surface area (Å²) in [5.41, 5.74) is 6.12. The van der Waals surface area contributed by atoms with Crippen molar-refractivity contribution in [3.63, 3.8) is 0 Å². The van der Waals surface area contributed by atoms with Gasteiger partial charge in [0.05, 0.1) is 12.3 Å². The lowest BCUT2D eigenvalue weighted by atomic mass is 9.94. The van der Waals surface area contributed by atoms with Gasteiger partial charge in [-0.1, -0.05) is 48.5 Å². The summed E-state index contributed by atoms with van der Waals surface area (Å²) in [6.45, 7) is 6.09. The first-order valence-corrected chi connectivity index (χ1v) is 7.41. The molecule has 0 spiro atoms. The molecule has 3 heteroatoms. The Bertz CT molecular complexity index is 598. The Morgan fingerprint density at radius 1 is 0.909 bits per heavy atom. The number of hydrogen-bond acceptors (Lipinski definition) is 2. The molecule has 0 aliphatic rings. The Hall–Kier alpha value is -1.64. The molecule has 0 aliphatic heterocycles. The number of rotatable bonds is 5. The van der Waals surface area contributed by atoms with Crippen molar-refractivity contribution in [1.29, 1.82) is 0 Å². The van der Waals surface area contributed by atoms with Gasteiger partial charge in [-0.3, -0.25) is 4.99 Å². The molecule has 0 bridgehead atoms. The van der Waals surface area contributed by atoms with Gasteiger partial charge in [-0.25, -0.2) is 0 Å². The van der Waals surface area contributed by atoms with Crippen molar-refractivity contribution >= 4 is 5.71 Å². The number of nitrogens with zero attached hydrogens (tertiary/aromatic N) is 2. The molecule has 0 radical (unpaired) electrons. The number of aliphatic imine (C=N–C) groups is 1. The molecule has 0 atom stereocenters. The molecule has 0 amide bonds. The number of likely N-dealkylation sites (N-methyl/N-ethyl adjacent to an activating group) is 1. The molecule has 2 rings (SSSR count). The minimum Gasteiger partial charge on any atom is -1.00 e. The van der Waals surface area contributed by atoms with Crippen LogP contribution in [0.5, 0.6) is 0 Å². The lowest BCUT2D eigenvalue weighted by Gasteiger charge is -2.14. The molecule has 2 nitrogen and oxygen atoms in total. The van der Waals surface area contributed by atoms with E-state index in [0.717, 1.165) is 18.8 Å². The van der Waals surface area contributed by atoms with Gasteiger partial charge in [0.1, 0.15) is 0 Å². The Morgan fingerprint density at radius 3 is 2.05 bits per heavy atom. The van der Waals surface area contributed by atoms with Crippen LogP contribution in [0.25, 0.3) is 0 Å². The van der Waals surface area contributed by atoms with E-state index in [1.807, 2.05) is 6.07 Å². The summed E-state index contributed by atoms with van der Waals surface area (Å²) in [6, 6.07) is 16.9. The zero-order chi connectivity index (χ0) is 15.2. The quantitative estimate of drug-likeness (QED) is 0.742. The number of hydrogen-bond donors (Lipinski definition) is 0. The van der Waals surface area contributed by atoms with Crippen LogP contribution in [0, 0.1) is 13.8 Å². The second kappa shape index (κ2) is 8.72. The third kappa shape index (κ3) is 4.69. The highest BCUT2D eigenvalue weighted by Gasteiger charge is 2.11. The van der Waals surface area contributed by atoms with Crippen molar-refractivity contribution in [2.75, 3.05) is 27.2 Å². The van der Waals surface area contributed by atoms with Gasteiger partial charge in [0.15, 0.2) is 0 Å². The molecule has 0 heterocycles. The van der Waals surface area contributed by atoms with Crippen LogP contribution in [0.2, 0.25) is 0 Å². The Morgan fingerprint density at radius 2 is 1.50 bits per heavy atom. The van der Waals surface area contributed by atoms with Crippen LogP contribution in [-0.2, 0) is 0 Å². The molecular formula is C19H24ClN2-. The number of halogens is 1. The second-order valence-electron chi connectivity index (χ2n) is 5.67. The van der Waals surface area contributed by atoms with Crippen molar-refractivity contribution in [2.45, 2.75) is 13.8 Å². The maximum absolute atomic E-state index is 4.90. The smallest absolute Gasteiger partial charge is 0.0724 e. The third-order valence-electron chi connectivity index (χ3n) is 3.58. The summed E-state index contributed by atoms with van der Waals surface area (Å²) in [4.78, 5) is 7.06. The van der Waals surface area contributed by atoms with Crippen molar-refractivity contribution in [3.8, 4) is 0 Å². The fourth-order valence-electron chi connectivity index (χ4n) is 2.46. The highest BCUT2D eigenvalue weighted by molar-refractivity contribution is 6.14. The maximum atomic E-state index is 4.90. The van der Waals surface area contributed by atoms with Crippen molar-refractivity contribution in [3.05, 3.63) is 70.8 Å². The van der Waals surface area contributed by atoms with Gasteiger partial charge in [-0.05, 0) is 39.1 Å². The van der Waals surface area contributed by atoms with Gasteiger partial charge in [-0.2, -0.15) is 0 Å². The van der Waals surface area contributed by atoms with E-state index < -0.39 is 0 Å². The SMILES string of the molecule is Cc1cccc(C)c1C(=NCCN(C)C)c1ccccc1.[Cl-]. The van der Waals surface area contributed by atoms with Crippen LogP contribution < -0.4 is 12.4 Å². The van der Waals surface area contributed by atoms with E-state index in [2.05, 4.69) is 75.3 Å². The molecule has 2 aromatic carbocycles. The molecule has 0 saturated carbocycles. The Kier molecular flexibility index (Phi) is 7.30. The predicted molar refractivity (Wildman–Crippen MR) is 91.4 cm³/mol. The first kappa shape index (κ1) is 18.4. The largest absolute Gasteiger partial charge is 1.00 e. The summed E-state index contributed by atoms with van der Waals surface area (Å²) >= 11 is 0. The van der Waals surface area contributed by atoms with E-state index in [4.69, 9.17) is 4.99 Å². The molecule has 0 aromatic heterocycles. The van der Waals surface area contributed by atoms with E-state index in [9.17, 15) is 0 Å². The molecule has 2 aromatic rings. The van der Waals surface area contributed by atoms with Gasteiger partial charge in [0, 0.05) is 17.7 Å². The van der Waals surface area contributed by atoms with Crippen LogP contribution in [0.15, 0.2) is 53.5 Å². The topological polar surface area (TPSA) is 15.6 Å². The summed E-state index contributed by atoms with van der Waals surface area (Å²) in [5.74, 6) is 0. The lowest BCUT2D eigenvalue weighted by Crippen LogP contribution is -3.00. The van der Waals surface area contributed by atoms with Crippen LogP contribution in [-0.4, -0.2) is 37.8 Å². The highest BCUT2D eigenvalue weighted by atomic mass is 35.5. The number of aryl methyl sites for hydroxylation is 2. The molecule has 118 valence electrons. The molecule has 0 N–H and O–H groups in total. The fourth-order valence-corrected chi connectivity index (χ4v) is 2.46. The highest BCUT2D eigenvalue weighted by Crippen LogP contribution is 2.19. The van der Waals surface area contributed by atoms with E-state index in [-0.39, 0.29) is 12.4 Å². The summed E-state index contributed by atoms with van der Waals surface area (Å²) in [6.07, 6.45) is 0. The first-order valence-electron chi connectivity index (χ1n) is 7.41. The summed E-state index contributed by atoms with van der Waals surface area (Å²) in [5, 5.41) is 0. The molecule has 0 fully saturated rings. The van der Waals surface area contributed by atoms with Crippen molar-refractivity contribution < 1.29 is 12.4 Å². The summed E-state index contributed by atoms with van der Waals surface area (Å²) < 4.78 is 0. The Balaban J connectivity index is 0.00000242. The lowest BCUT2D eigenvalue weighted by molar-refractivity contribution is -0.00000453. The second-order valence-corrected chi connectivity index (χ2v) is 5.67. The van der Waals surface area contributed by atoms with E-state index in [1.165, 1.54) is 22.3 Å². The van der Waals surface area contributed by atoms with Crippen LogP contribution >= 0.6 is 0 Å². The molecule has 22 heavy (non-hydrogen) atoms. The fraction of sp³-hybridized carbons (Fsp3) is 0.316. The predicted octanol–water partition coefficient (Wildman–Crippen LogP) is 0.706. The molecule has 0 unspecified atom stereocenters. The monoisotopic (exact) mass is 315 g/mol. The van der Waals surface area contributed by atoms with E-state index in [1.54, 1.807) is 0 Å². The van der Waals surface area contributed by atoms with Crippen molar-refractivity contribution in [1.82, 2.24) is 4.90 Å². The Labute approximate surface area is 140 Å².